The van der Waals surface area contributed by atoms with Gasteiger partial charge in [-0.1, -0.05) is 49.8 Å². The van der Waals surface area contributed by atoms with Crippen molar-refractivity contribution in [3.8, 4) is 11.5 Å². The van der Waals surface area contributed by atoms with Crippen LogP contribution >= 0.6 is 0 Å². The van der Waals surface area contributed by atoms with E-state index in [9.17, 15) is 25.2 Å². The Hall–Kier alpha value is -3.01. The Kier molecular flexibility index (Phi) is 11.1. The average Bonchev–Trinajstić information content (AvgIpc) is 2.91. The highest BCUT2D eigenvalue weighted by Gasteiger charge is 2.44. The quantitative estimate of drug-likeness (QED) is 0.195. The molecule has 0 saturated carbocycles. The van der Waals surface area contributed by atoms with E-state index in [1.807, 2.05) is 32.1 Å². The topological polar surface area (TPSA) is 126 Å². The van der Waals surface area contributed by atoms with Crippen LogP contribution in [-0.2, 0) is 9.53 Å². The lowest BCUT2D eigenvalue weighted by molar-refractivity contribution is -0.277. The lowest BCUT2D eigenvalue weighted by Gasteiger charge is -2.39. The third kappa shape index (κ3) is 8.02. The van der Waals surface area contributed by atoms with Crippen molar-refractivity contribution >= 4 is 6.29 Å². The van der Waals surface area contributed by atoms with Gasteiger partial charge in [-0.2, -0.15) is 0 Å². The molecule has 1 aliphatic heterocycles. The maximum Gasteiger partial charge on any atom is 0.229 e. The Balaban J connectivity index is 1.69. The number of rotatable bonds is 10. The van der Waals surface area contributed by atoms with Crippen LogP contribution in [0.2, 0.25) is 0 Å². The number of benzene rings is 1. The number of aldehydes is 1. The van der Waals surface area contributed by atoms with E-state index in [1.54, 1.807) is 24.3 Å². The third-order valence-electron chi connectivity index (χ3n) is 7.43. The predicted octanol–water partition coefficient (Wildman–Crippen LogP) is 3.95. The van der Waals surface area contributed by atoms with Gasteiger partial charge < -0.3 is 34.6 Å². The lowest BCUT2D eigenvalue weighted by atomic mass is 9.71. The summed E-state index contributed by atoms with van der Waals surface area (Å²) in [6.07, 6.45) is 7.44. The minimum Gasteiger partial charge on any atom is -0.486 e. The van der Waals surface area contributed by atoms with Gasteiger partial charge in [-0.15, -0.1) is 0 Å². The fourth-order valence-corrected chi connectivity index (χ4v) is 4.90. The SMILES string of the molecule is CC1=C(/C=C/C(C)=C/C=C/C(C)=C/C=O)C(C)(C)CCC1Oc1ccc(OC2OC(CO)C(O)C(O)C2O)cc1. The van der Waals surface area contributed by atoms with Gasteiger partial charge in [0.05, 0.1) is 6.61 Å². The van der Waals surface area contributed by atoms with E-state index in [0.29, 0.717) is 11.5 Å². The molecule has 3 rings (SSSR count). The summed E-state index contributed by atoms with van der Waals surface area (Å²) in [6.45, 7) is 9.98. The highest BCUT2D eigenvalue weighted by atomic mass is 16.7. The highest BCUT2D eigenvalue weighted by molar-refractivity contribution is 5.67. The summed E-state index contributed by atoms with van der Waals surface area (Å²) in [5, 5.41) is 39.5. The minimum absolute atomic E-state index is 0.00293. The number of ether oxygens (including phenoxy) is 3. The number of carbonyl (C=O) groups is 1. The zero-order valence-corrected chi connectivity index (χ0v) is 23.9. The van der Waals surface area contributed by atoms with Gasteiger partial charge in [-0.3, -0.25) is 4.79 Å². The van der Waals surface area contributed by atoms with Crippen molar-refractivity contribution < 1.29 is 39.4 Å². The summed E-state index contributed by atoms with van der Waals surface area (Å²) in [5.74, 6) is 1.04. The molecule has 40 heavy (non-hydrogen) atoms. The molecule has 1 aromatic carbocycles. The van der Waals surface area contributed by atoms with Crippen molar-refractivity contribution in [3.05, 3.63) is 83.0 Å². The summed E-state index contributed by atoms with van der Waals surface area (Å²) in [4.78, 5) is 10.6. The molecule has 2 aliphatic rings. The molecule has 1 fully saturated rings. The van der Waals surface area contributed by atoms with Crippen LogP contribution in [0.15, 0.2) is 83.0 Å². The Labute approximate surface area is 236 Å². The van der Waals surface area contributed by atoms with Crippen molar-refractivity contribution in [1.82, 2.24) is 0 Å². The van der Waals surface area contributed by atoms with Crippen LogP contribution in [-0.4, -0.2) is 70.1 Å². The van der Waals surface area contributed by atoms with E-state index < -0.39 is 37.3 Å². The zero-order valence-electron chi connectivity index (χ0n) is 23.9. The highest BCUT2D eigenvalue weighted by Crippen LogP contribution is 2.42. The molecule has 8 nitrogen and oxygen atoms in total. The number of aliphatic hydroxyl groups is 4. The molecule has 1 heterocycles. The van der Waals surface area contributed by atoms with Crippen molar-refractivity contribution in [1.29, 1.82) is 0 Å². The molecule has 0 amide bonds. The summed E-state index contributed by atoms with van der Waals surface area (Å²) >= 11 is 0. The van der Waals surface area contributed by atoms with Gasteiger partial charge >= 0.3 is 0 Å². The largest absolute Gasteiger partial charge is 0.486 e. The molecule has 0 aromatic heterocycles. The Morgan fingerprint density at radius 1 is 0.975 bits per heavy atom. The van der Waals surface area contributed by atoms with Crippen LogP contribution < -0.4 is 9.47 Å². The first kappa shape index (κ1) is 31.5. The normalized spacial score (nSPS) is 29.7. The molecule has 1 saturated heterocycles. The van der Waals surface area contributed by atoms with Crippen molar-refractivity contribution in [2.24, 2.45) is 5.41 Å². The van der Waals surface area contributed by atoms with Gasteiger partial charge in [-0.25, -0.2) is 0 Å². The minimum atomic E-state index is -1.50. The van der Waals surface area contributed by atoms with Crippen LogP contribution in [0.1, 0.15) is 47.5 Å². The second-order valence-corrected chi connectivity index (χ2v) is 11.1. The van der Waals surface area contributed by atoms with Crippen LogP contribution in [0.3, 0.4) is 0 Å². The van der Waals surface area contributed by atoms with Crippen LogP contribution in [0.25, 0.3) is 0 Å². The summed E-state index contributed by atoms with van der Waals surface area (Å²) in [6, 6.07) is 6.89. The molecule has 4 N–H and O–H groups in total. The lowest BCUT2D eigenvalue weighted by Crippen LogP contribution is -2.60. The molecule has 6 atom stereocenters. The van der Waals surface area contributed by atoms with Gasteiger partial charge in [0.15, 0.2) is 0 Å². The molecule has 8 heteroatoms. The number of hydrogen-bond donors (Lipinski definition) is 4. The predicted molar refractivity (Wildman–Crippen MR) is 153 cm³/mol. The maximum absolute atomic E-state index is 10.6. The van der Waals surface area contributed by atoms with E-state index >= 15 is 0 Å². The first-order valence-corrected chi connectivity index (χ1v) is 13.6. The molecule has 1 aromatic rings. The molecule has 1 aliphatic carbocycles. The summed E-state index contributed by atoms with van der Waals surface area (Å²) in [7, 11) is 0. The number of aliphatic hydroxyl groups excluding tert-OH is 4. The van der Waals surface area contributed by atoms with Crippen molar-refractivity contribution in [2.75, 3.05) is 6.61 Å². The van der Waals surface area contributed by atoms with E-state index in [2.05, 4.69) is 32.9 Å². The Morgan fingerprint density at radius 2 is 1.60 bits per heavy atom. The monoisotopic (exact) mass is 554 g/mol. The second-order valence-electron chi connectivity index (χ2n) is 11.1. The third-order valence-corrected chi connectivity index (χ3v) is 7.43. The Bertz CT molecular complexity index is 1160. The number of allylic oxidation sites excluding steroid dienone is 9. The smallest absolute Gasteiger partial charge is 0.229 e. The van der Waals surface area contributed by atoms with Crippen LogP contribution in [0.5, 0.6) is 11.5 Å². The summed E-state index contributed by atoms with van der Waals surface area (Å²) in [5.41, 5.74) is 4.39. The van der Waals surface area contributed by atoms with Gasteiger partial charge in [-0.05, 0) is 86.1 Å². The summed E-state index contributed by atoms with van der Waals surface area (Å²) < 4.78 is 17.4. The van der Waals surface area contributed by atoms with Gasteiger partial charge in [0.25, 0.3) is 0 Å². The first-order chi connectivity index (χ1) is 19.0. The molecular formula is C32H42O8. The van der Waals surface area contributed by atoms with Crippen LogP contribution in [0, 0.1) is 5.41 Å². The fraction of sp³-hybridized carbons (Fsp3) is 0.469. The number of hydrogen-bond acceptors (Lipinski definition) is 8. The van der Waals surface area contributed by atoms with Gasteiger partial charge in [0.1, 0.15) is 48.3 Å². The first-order valence-electron chi connectivity index (χ1n) is 13.6. The number of carbonyl (C=O) groups excluding carboxylic acids is 1. The van der Waals surface area contributed by atoms with Crippen molar-refractivity contribution in [3.63, 3.8) is 0 Å². The van der Waals surface area contributed by atoms with Crippen LogP contribution in [0.4, 0.5) is 0 Å². The van der Waals surface area contributed by atoms with Gasteiger partial charge in [0.2, 0.25) is 6.29 Å². The van der Waals surface area contributed by atoms with E-state index in [0.717, 1.165) is 30.3 Å². The second kappa shape index (κ2) is 14.1. The van der Waals surface area contributed by atoms with Crippen molar-refractivity contribution in [2.45, 2.75) is 84.3 Å². The molecule has 6 unspecified atom stereocenters. The van der Waals surface area contributed by atoms with E-state index in [-0.39, 0.29) is 11.5 Å². The fourth-order valence-electron chi connectivity index (χ4n) is 4.90. The molecular weight excluding hydrogens is 512 g/mol. The maximum atomic E-state index is 10.6. The van der Waals surface area contributed by atoms with E-state index in [4.69, 9.17) is 14.2 Å². The zero-order chi connectivity index (χ0) is 29.4. The van der Waals surface area contributed by atoms with Gasteiger partial charge in [0, 0.05) is 0 Å². The molecule has 0 radical (unpaired) electrons. The standard InChI is InChI=1S/C32H42O8/c1-20(7-6-8-21(2)16-18-33)9-14-25-22(3)26(15-17-32(25,4)5)38-23-10-12-24(13-11-23)39-31-30(37)29(36)28(35)27(19-34)40-31/h6-14,16,18,26-31,34-37H,15,17,19H2,1-5H3/b8-6+,14-9+,20-7+,21-16+. The van der Waals surface area contributed by atoms with E-state index in [1.165, 1.54) is 17.2 Å². The Morgan fingerprint density at radius 3 is 2.23 bits per heavy atom. The molecule has 0 bridgehead atoms. The molecule has 218 valence electrons. The molecule has 0 spiro atoms. The average molecular weight is 555 g/mol.